The molecular formula is C18H13BrFN5. The van der Waals surface area contributed by atoms with Gasteiger partial charge >= 0.3 is 0 Å². The summed E-state index contributed by atoms with van der Waals surface area (Å²) in [4.78, 5) is 10.3. The first kappa shape index (κ1) is 15.8. The van der Waals surface area contributed by atoms with Crippen LogP contribution < -0.4 is 5.73 Å². The maximum Gasteiger partial charge on any atom is 0.244 e. The van der Waals surface area contributed by atoms with Crippen LogP contribution in [0, 0.1) is 18.3 Å². The first-order valence-electron chi connectivity index (χ1n) is 7.56. The lowest BCUT2D eigenvalue weighted by Gasteiger charge is -2.21. The molecule has 0 fully saturated rings. The van der Waals surface area contributed by atoms with Gasteiger partial charge < -0.3 is 9.97 Å². The van der Waals surface area contributed by atoms with Crippen LogP contribution >= 0.6 is 15.9 Å². The van der Waals surface area contributed by atoms with E-state index in [9.17, 15) is 0 Å². The van der Waals surface area contributed by atoms with Crippen molar-refractivity contribution in [2.45, 2.75) is 12.7 Å². The normalized spacial score (nSPS) is 13.9. The average molecular weight is 398 g/mol. The molecule has 2 heterocycles. The minimum Gasteiger partial charge on any atom is -0.361 e. The minimum absolute atomic E-state index is 0.00959. The number of fused-ring (bicyclic) bond motifs is 2. The molecule has 2 aromatic heterocycles. The van der Waals surface area contributed by atoms with Crippen molar-refractivity contribution in [3.05, 3.63) is 63.5 Å². The van der Waals surface area contributed by atoms with Crippen molar-refractivity contribution in [1.29, 1.82) is 5.26 Å². The van der Waals surface area contributed by atoms with Gasteiger partial charge in [0.25, 0.3) is 0 Å². The fourth-order valence-electron chi connectivity index (χ4n) is 3.11. The van der Waals surface area contributed by atoms with Gasteiger partial charge in [0.1, 0.15) is 0 Å². The second-order valence-electron chi connectivity index (χ2n) is 5.96. The number of aryl methyl sites for hydroxylation is 1. The summed E-state index contributed by atoms with van der Waals surface area (Å²) < 4.78 is 16.3. The standard InChI is InChI=1S/C18H13BrFN5/c1-9-6-12(19)15(11-4-5-23-16(9)11)18(20,22)17-24-13-3-2-10(8-21)7-14(13)25-17/h2-7,23H,22H2,1H3,(H,24,25). The summed E-state index contributed by atoms with van der Waals surface area (Å²) >= 11 is 3.43. The summed E-state index contributed by atoms with van der Waals surface area (Å²) in [5.41, 5.74) is 9.79. The number of benzene rings is 2. The van der Waals surface area contributed by atoms with Crippen molar-refractivity contribution in [2.75, 3.05) is 0 Å². The predicted octanol–water partition coefficient (Wildman–Crippen LogP) is 4.12. The quantitative estimate of drug-likeness (QED) is 0.444. The Kier molecular flexibility index (Phi) is 3.42. The lowest BCUT2D eigenvalue weighted by Crippen LogP contribution is -2.34. The fourth-order valence-corrected chi connectivity index (χ4v) is 3.95. The highest BCUT2D eigenvalue weighted by Gasteiger charge is 2.37. The van der Waals surface area contributed by atoms with Crippen LogP contribution in [-0.2, 0) is 5.79 Å². The monoisotopic (exact) mass is 397 g/mol. The molecule has 25 heavy (non-hydrogen) atoms. The number of nitrogens with two attached hydrogens (primary N) is 1. The van der Waals surface area contributed by atoms with E-state index >= 15 is 4.39 Å². The fraction of sp³-hybridized carbons (Fsp3) is 0.111. The zero-order valence-corrected chi connectivity index (χ0v) is 14.8. The van der Waals surface area contributed by atoms with E-state index in [2.05, 4.69) is 37.0 Å². The number of aromatic amines is 2. The molecule has 0 saturated carbocycles. The van der Waals surface area contributed by atoms with Crippen molar-refractivity contribution in [3.8, 4) is 6.07 Å². The van der Waals surface area contributed by atoms with Crippen LogP contribution in [-0.4, -0.2) is 15.0 Å². The molecule has 0 saturated heterocycles. The predicted molar refractivity (Wildman–Crippen MR) is 97.6 cm³/mol. The molecule has 1 atom stereocenters. The Labute approximate surface area is 150 Å². The number of rotatable bonds is 2. The van der Waals surface area contributed by atoms with E-state index in [1.54, 1.807) is 30.5 Å². The molecule has 4 rings (SSSR count). The lowest BCUT2D eigenvalue weighted by atomic mass is 9.98. The summed E-state index contributed by atoms with van der Waals surface area (Å²) in [5.74, 6) is -2.34. The topological polar surface area (TPSA) is 94.3 Å². The van der Waals surface area contributed by atoms with Crippen LogP contribution in [0.1, 0.15) is 22.5 Å². The summed E-state index contributed by atoms with van der Waals surface area (Å²) in [6, 6.07) is 10.6. The van der Waals surface area contributed by atoms with E-state index in [-0.39, 0.29) is 5.82 Å². The van der Waals surface area contributed by atoms with Crippen molar-refractivity contribution in [1.82, 2.24) is 15.0 Å². The molecule has 4 N–H and O–H groups in total. The molecule has 0 aliphatic rings. The molecule has 0 aliphatic heterocycles. The molecule has 0 spiro atoms. The van der Waals surface area contributed by atoms with Crippen LogP contribution in [0.15, 0.2) is 41.0 Å². The number of H-pyrrole nitrogens is 2. The number of alkyl halides is 1. The molecular weight excluding hydrogens is 385 g/mol. The zero-order chi connectivity index (χ0) is 17.8. The number of nitrogens with zero attached hydrogens (tertiary/aromatic N) is 2. The third-order valence-corrected chi connectivity index (χ3v) is 4.94. The van der Waals surface area contributed by atoms with Gasteiger partial charge in [-0.1, -0.05) is 15.9 Å². The van der Waals surface area contributed by atoms with Crippen molar-refractivity contribution >= 4 is 37.9 Å². The highest BCUT2D eigenvalue weighted by molar-refractivity contribution is 9.10. The molecule has 0 radical (unpaired) electrons. The molecule has 1 unspecified atom stereocenters. The third-order valence-electron chi connectivity index (χ3n) is 4.31. The minimum atomic E-state index is -2.33. The van der Waals surface area contributed by atoms with Gasteiger partial charge in [-0.25, -0.2) is 9.37 Å². The molecule has 5 nitrogen and oxygen atoms in total. The van der Waals surface area contributed by atoms with Gasteiger partial charge in [0.05, 0.1) is 22.7 Å². The SMILES string of the molecule is Cc1cc(Br)c(C(N)(F)c2nc3ccc(C#N)cc3[nH]2)c2cc[nH]c12. The Bertz CT molecular complexity index is 1170. The molecule has 7 heteroatoms. The molecule has 2 aromatic carbocycles. The van der Waals surface area contributed by atoms with E-state index in [1.165, 1.54) is 0 Å². The van der Waals surface area contributed by atoms with E-state index in [0.717, 1.165) is 11.1 Å². The number of halogens is 2. The summed E-state index contributed by atoms with van der Waals surface area (Å²) in [6.07, 6.45) is 1.75. The smallest absolute Gasteiger partial charge is 0.244 e. The first-order chi connectivity index (χ1) is 11.9. The highest BCUT2D eigenvalue weighted by Crippen LogP contribution is 2.39. The van der Waals surface area contributed by atoms with Crippen LogP contribution in [0.4, 0.5) is 4.39 Å². The molecule has 4 aromatic rings. The van der Waals surface area contributed by atoms with Gasteiger partial charge in [-0.05, 0) is 42.8 Å². The van der Waals surface area contributed by atoms with Crippen LogP contribution in [0.2, 0.25) is 0 Å². The average Bonchev–Trinajstić information content (AvgIpc) is 3.20. The van der Waals surface area contributed by atoms with Gasteiger partial charge in [-0.2, -0.15) is 5.26 Å². The Morgan fingerprint density at radius 3 is 2.88 bits per heavy atom. The van der Waals surface area contributed by atoms with Gasteiger partial charge in [0.2, 0.25) is 5.79 Å². The van der Waals surface area contributed by atoms with E-state index in [1.807, 2.05) is 13.0 Å². The first-order valence-corrected chi connectivity index (χ1v) is 8.36. The largest absolute Gasteiger partial charge is 0.361 e. The summed E-state index contributed by atoms with van der Waals surface area (Å²) in [7, 11) is 0. The second-order valence-corrected chi connectivity index (χ2v) is 6.81. The van der Waals surface area contributed by atoms with Crippen molar-refractivity contribution in [2.24, 2.45) is 5.73 Å². The Hall–Kier alpha value is -2.69. The number of hydrogen-bond donors (Lipinski definition) is 3. The second kappa shape index (κ2) is 5.41. The maximum atomic E-state index is 15.8. The van der Waals surface area contributed by atoms with Crippen LogP contribution in [0.25, 0.3) is 21.9 Å². The van der Waals surface area contributed by atoms with Gasteiger partial charge in [-0.15, -0.1) is 0 Å². The third kappa shape index (κ3) is 2.34. The van der Waals surface area contributed by atoms with Gasteiger partial charge in [0, 0.05) is 27.1 Å². The van der Waals surface area contributed by atoms with E-state index in [0.29, 0.717) is 32.0 Å². The number of nitrogens with one attached hydrogen (secondary N) is 2. The number of nitriles is 1. The number of imidazole rings is 1. The number of hydrogen-bond acceptors (Lipinski definition) is 3. The molecule has 0 aliphatic carbocycles. The Morgan fingerprint density at radius 1 is 1.32 bits per heavy atom. The highest BCUT2D eigenvalue weighted by atomic mass is 79.9. The van der Waals surface area contributed by atoms with E-state index in [4.69, 9.17) is 11.0 Å². The maximum absolute atomic E-state index is 15.8. The van der Waals surface area contributed by atoms with E-state index < -0.39 is 5.79 Å². The molecule has 124 valence electrons. The summed E-state index contributed by atoms with van der Waals surface area (Å²) in [5, 5.41) is 9.70. The van der Waals surface area contributed by atoms with Gasteiger partial charge in [0.15, 0.2) is 5.82 Å². The summed E-state index contributed by atoms with van der Waals surface area (Å²) in [6.45, 7) is 1.94. The van der Waals surface area contributed by atoms with Gasteiger partial charge in [-0.3, -0.25) is 5.73 Å². The van der Waals surface area contributed by atoms with Crippen LogP contribution in [0.5, 0.6) is 0 Å². The lowest BCUT2D eigenvalue weighted by molar-refractivity contribution is 0.221. The number of aromatic nitrogens is 3. The van der Waals surface area contributed by atoms with Crippen LogP contribution in [0.3, 0.4) is 0 Å². The van der Waals surface area contributed by atoms with Crippen molar-refractivity contribution < 1.29 is 4.39 Å². The van der Waals surface area contributed by atoms with Crippen molar-refractivity contribution in [3.63, 3.8) is 0 Å². The zero-order valence-electron chi connectivity index (χ0n) is 13.2. The Morgan fingerprint density at radius 2 is 2.12 bits per heavy atom. The molecule has 0 bridgehead atoms. The Balaban J connectivity index is 1.96. The molecule has 0 amide bonds.